The molecule has 1 N–H and O–H groups in total. The number of ether oxygens (including phenoxy) is 2. The first-order chi connectivity index (χ1) is 11.5. The highest BCUT2D eigenvalue weighted by Gasteiger charge is 2.22. The average Bonchev–Trinajstić information content (AvgIpc) is 3.01. The van der Waals surface area contributed by atoms with Gasteiger partial charge in [0.2, 0.25) is 6.79 Å². The van der Waals surface area contributed by atoms with Crippen LogP contribution in [0.1, 0.15) is 15.9 Å². The Kier molecular flexibility index (Phi) is 4.30. The Hall–Kier alpha value is -3.13. The molecule has 1 aliphatic rings. The number of hydrogen-bond donors (Lipinski definition) is 1. The van der Waals surface area contributed by atoms with E-state index in [4.69, 9.17) is 21.1 Å². The summed E-state index contributed by atoms with van der Waals surface area (Å²) in [7, 11) is 0. The number of hydrazone groups is 1. The summed E-state index contributed by atoms with van der Waals surface area (Å²) in [6.07, 6.45) is 1.17. The van der Waals surface area contributed by atoms with Crippen LogP contribution in [-0.4, -0.2) is 23.8 Å². The number of nitro groups is 1. The zero-order valence-electron chi connectivity index (χ0n) is 12.1. The Morgan fingerprint density at radius 1 is 1.25 bits per heavy atom. The second-order valence-electron chi connectivity index (χ2n) is 4.73. The fraction of sp³-hybridized carbons (Fsp3) is 0.0667. The number of fused-ring (bicyclic) bond motifs is 1. The Morgan fingerprint density at radius 3 is 2.58 bits per heavy atom. The topological polar surface area (TPSA) is 103 Å². The van der Waals surface area contributed by atoms with Crippen LogP contribution < -0.4 is 14.9 Å². The first-order valence-electron chi connectivity index (χ1n) is 6.71. The zero-order chi connectivity index (χ0) is 17.1. The summed E-state index contributed by atoms with van der Waals surface area (Å²) in [5, 5.41) is 15.4. The normalized spacial score (nSPS) is 12.4. The van der Waals surface area contributed by atoms with Gasteiger partial charge in [-0.2, -0.15) is 5.10 Å². The van der Waals surface area contributed by atoms with Crippen molar-refractivity contribution < 1.29 is 19.2 Å². The van der Waals surface area contributed by atoms with E-state index in [0.717, 1.165) is 0 Å². The van der Waals surface area contributed by atoms with Crippen LogP contribution in [0.4, 0.5) is 5.69 Å². The molecule has 1 aliphatic heterocycles. The molecule has 0 saturated carbocycles. The van der Waals surface area contributed by atoms with Crippen LogP contribution >= 0.6 is 11.6 Å². The summed E-state index contributed by atoms with van der Waals surface area (Å²) >= 11 is 5.75. The fourth-order valence-corrected chi connectivity index (χ4v) is 2.16. The third-order valence-corrected chi connectivity index (χ3v) is 3.45. The van der Waals surface area contributed by atoms with E-state index in [9.17, 15) is 14.9 Å². The first-order valence-corrected chi connectivity index (χ1v) is 7.09. The lowest BCUT2D eigenvalue weighted by Gasteiger charge is -2.02. The van der Waals surface area contributed by atoms with Crippen molar-refractivity contribution in [1.29, 1.82) is 0 Å². The van der Waals surface area contributed by atoms with Crippen molar-refractivity contribution in [3.05, 3.63) is 62.7 Å². The second kappa shape index (κ2) is 6.55. The lowest BCUT2D eigenvalue weighted by Crippen LogP contribution is -2.17. The van der Waals surface area contributed by atoms with Gasteiger partial charge in [-0.15, -0.1) is 0 Å². The summed E-state index contributed by atoms with van der Waals surface area (Å²) in [5.74, 6) is 0.210. The molecular weight excluding hydrogens is 338 g/mol. The maximum atomic E-state index is 11.9. The van der Waals surface area contributed by atoms with Crippen molar-refractivity contribution in [3.63, 3.8) is 0 Å². The summed E-state index contributed by atoms with van der Waals surface area (Å²) < 4.78 is 10.3. The van der Waals surface area contributed by atoms with Gasteiger partial charge >= 0.3 is 0 Å². The zero-order valence-corrected chi connectivity index (χ0v) is 12.8. The summed E-state index contributed by atoms with van der Waals surface area (Å²) in [6.45, 7) is 0.000383. The quantitative estimate of drug-likeness (QED) is 0.520. The highest BCUT2D eigenvalue weighted by atomic mass is 35.5. The van der Waals surface area contributed by atoms with E-state index in [1.165, 1.54) is 30.5 Å². The lowest BCUT2D eigenvalue weighted by atomic mass is 10.1. The van der Waals surface area contributed by atoms with Crippen molar-refractivity contribution >= 4 is 29.4 Å². The molecule has 1 heterocycles. The summed E-state index contributed by atoms with van der Waals surface area (Å²) in [6, 6.07) is 8.90. The molecule has 0 radical (unpaired) electrons. The third kappa shape index (κ3) is 3.28. The maximum Gasteiger partial charge on any atom is 0.282 e. The molecule has 3 rings (SSSR count). The number of rotatable bonds is 4. The molecule has 0 fully saturated rings. The van der Waals surface area contributed by atoms with E-state index in [-0.39, 0.29) is 18.0 Å². The van der Waals surface area contributed by atoms with Gasteiger partial charge in [-0.3, -0.25) is 14.9 Å². The molecule has 0 spiro atoms. The smallest absolute Gasteiger partial charge is 0.282 e. The van der Waals surface area contributed by atoms with Crippen molar-refractivity contribution in [3.8, 4) is 11.5 Å². The van der Waals surface area contributed by atoms with E-state index in [1.807, 2.05) is 0 Å². The highest BCUT2D eigenvalue weighted by Crippen LogP contribution is 2.37. The third-order valence-electron chi connectivity index (χ3n) is 3.19. The molecule has 0 aromatic heterocycles. The van der Waals surface area contributed by atoms with Crippen molar-refractivity contribution in [2.45, 2.75) is 0 Å². The number of nitrogens with zero attached hydrogens (tertiary/aromatic N) is 2. The van der Waals surface area contributed by atoms with Crippen LogP contribution in [-0.2, 0) is 0 Å². The van der Waals surface area contributed by atoms with Crippen molar-refractivity contribution in [1.82, 2.24) is 5.43 Å². The van der Waals surface area contributed by atoms with E-state index in [1.54, 1.807) is 12.1 Å². The van der Waals surface area contributed by atoms with Gasteiger partial charge in [0.25, 0.3) is 11.6 Å². The molecule has 122 valence electrons. The second-order valence-corrected chi connectivity index (χ2v) is 5.16. The van der Waals surface area contributed by atoms with Crippen molar-refractivity contribution in [2.75, 3.05) is 6.79 Å². The first kappa shape index (κ1) is 15.8. The maximum absolute atomic E-state index is 11.9. The number of halogens is 1. The molecule has 2 aromatic carbocycles. The molecule has 0 aliphatic carbocycles. The van der Waals surface area contributed by atoms with Crippen LogP contribution in [0.25, 0.3) is 0 Å². The van der Waals surface area contributed by atoms with Gasteiger partial charge in [-0.05, 0) is 30.3 Å². The number of nitrogens with one attached hydrogen (secondary N) is 1. The van der Waals surface area contributed by atoms with E-state index in [0.29, 0.717) is 22.1 Å². The van der Waals surface area contributed by atoms with E-state index < -0.39 is 10.8 Å². The lowest BCUT2D eigenvalue weighted by molar-refractivity contribution is -0.385. The molecule has 8 nitrogen and oxygen atoms in total. The van der Waals surface area contributed by atoms with Gasteiger partial charge in [0.1, 0.15) is 0 Å². The Morgan fingerprint density at radius 2 is 1.92 bits per heavy atom. The van der Waals surface area contributed by atoms with E-state index in [2.05, 4.69) is 10.5 Å². The average molecular weight is 348 g/mol. The molecular formula is C15H10ClN3O5. The minimum atomic E-state index is -0.565. The van der Waals surface area contributed by atoms with Crippen LogP contribution in [0, 0.1) is 10.1 Å². The predicted molar refractivity (Wildman–Crippen MR) is 85.7 cm³/mol. The highest BCUT2D eigenvalue weighted by molar-refractivity contribution is 6.30. The van der Waals surface area contributed by atoms with Crippen LogP contribution in [0.15, 0.2) is 41.5 Å². The number of hydrogen-bond acceptors (Lipinski definition) is 6. The Balaban J connectivity index is 1.78. The van der Waals surface area contributed by atoms with Gasteiger partial charge in [-0.1, -0.05) is 11.6 Å². The number of benzene rings is 2. The fourth-order valence-electron chi connectivity index (χ4n) is 2.03. The van der Waals surface area contributed by atoms with E-state index >= 15 is 0 Å². The van der Waals surface area contributed by atoms with Crippen LogP contribution in [0.5, 0.6) is 11.5 Å². The molecule has 0 saturated heterocycles. The van der Waals surface area contributed by atoms with Crippen LogP contribution in [0.2, 0.25) is 5.02 Å². The molecule has 0 bridgehead atoms. The largest absolute Gasteiger partial charge is 0.454 e. The van der Waals surface area contributed by atoms with Gasteiger partial charge in [-0.25, -0.2) is 5.43 Å². The number of nitro benzene ring substituents is 1. The number of carbonyl (C=O) groups is 1. The number of carbonyl (C=O) groups excluding carboxylic acids is 1. The summed E-state index contributed by atoms with van der Waals surface area (Å²) in [5.41, 5.74) is 2.63. The molecule has 0 atom stereocenters. The monoisotopic (exact) mass is 347 g/mol. The van der Waals surface area contributed by atoms with Crippen molar-refractivity contribution in [2.24, 2.45) is 5.10 Å². The van der Waals surface area contributed by atoms with Crippen LogP contribution in [0.3, 0.4) is 0 Å². The molecule has 2 aromatic rings. The molecule has 24 heavy (non-hydrogen) atoms. The van der Waals surface area contributed by atoms with Gasteiger partial charge in [0.05, 0.1) is 22.8 Å². The van der Waals surface area contributed by atoms with Gasteiger partial charge < -0.3 is 9.47 Å². The minimum absolute atomic E-state index is 0.000383. The Bertz CT molecular complexity index is 836. The molecule has 1 amide bonds. The summed E-state index contributed by atoms with van der Waals surface area (Å²) in [4.78, 5) is 22.5. The SMILES string of the molecule is O=C(N/N=C/c1cc2c(cc1[N+](=O)[O-])OCO2)c1ccc(Cl)cc1. The Labute approximate surface area is 140 Å². The van der Waals surface area contributed by atoms with Gasteiger partial charge in [0, 0.05) is 10.6 Å². The molecule has 9 heteroatoms. The minimum Gasteiger partial charge on any atom is -0.454 e. The number of amides is 1. The standard InChI is InChI=1S/C15H10ClN3O5/c16-11-3-1-9(2-4-11)15(20)18-17-7-10-5-13-14(24-8-23-13)6-12(10)19(21)22/h1-7H,8H2,(H,18,20)/b17-7+. The molecule has 0 unspecified atom stereocenters. The van der Waals surface area contributed by atoms with Gasteiger partial charge in [0.15, 0.2) is 11.5 Å². The predicted octanol–water partition coefficient (Wildman–Crippen LogP) is 2.74.